The average Bonchev–Trinajstić information content (AvgIpc) is 2.99. The molecule has 0 radical (unpaired) electrons. The highest BCUT2D eigenvalue weighted by Gasteiger charge is 2.32. The van der Waals surface area contributed by atoms with Gasteiger partial charge >= 0.3 is 0 Å². The maximum absolute atomic E-state index is 12.9. The molecule has 10 heteroatoms. The van der Waals surface area contributed by atoms with Crippen LogP contribution in [0.1, 0.15) is 20.1 Å². The van der Waals surface area contributed by atoms with Gasteiger partial charge in [0.25, 0.3) is 5.91 Å². The Morgan fingerprint density at radius 1 is 1.00 bits per heavy atom. The monoisotopic (exact) mass is 442 g/mol. The third-order valence-corrected chi connectivity index (χ3v) is 8.88. The zero-order valence-corrected chi connectivity index (χ0v) is 18.3. The molecule has 0 atom stereocenters. The average molecular weight is 443 g/mol. The summed E-state index contributed by atoms with van der Waals surface area (Å²) in [6.07, 6.45) is 1.09. The molecule has 1 fully saturated rings. The SMILES string of the molecule is Cc1cc(S(=O)(=O)N2CCN(C(=O)c3cccc(S(C)(=O)=O)c3)CC2)c(C)s1. The number of rotatable bonds is 4. The third-order valence-electron chi connectivity index (χ3n) is 4.65. The molecular weight excluding hydrogens is 420 g/mol. The molecule has 1 aromatic carbocycles. The Bertz CT molecular complexity index is 1110. The number of aryl methyl sites for hydroxylation is 2. The van der Waals surface area contributed by atoms with Crippen molar-refractivity contribution < 1.29 is 21.6 Å². The van der Waals surface area contributed by atoms with E-state index in [1.807, 2.05) is 6.92 Å². The first kappa shape index (κ1) is 21.0. The summed E-state index contributed by atoms with van der Waals surface area (Å²) >= 11 is 1.45. The minimum atomic E-state index is -3.59. The molecule has 0 unspecified atom stereocenters. The molecule has 1 amide bonds. The number of hydrogen-bond donors (Lipinski definition) is 0. The minimum absolute atomic E-state index is 0.0860. The van der Waals surface area contributed by atoms with Gasteiger partial charge in [0.15, 0.2) is 9.84 Å². The number of hydrogen-bond acceptors (Lipinski definition) is 6. The van der Waals surface area contributed by atoms with Gasteiger partial charge in [-0.3, -0.25) is 4.79 Å². The number of sulfone groups is 1. The van der Waals surface area contributed by atoms with Crippen molar-refractivity contribution in [3.05, 3.63) is 45.6 Å². The number of thiophene rings is 1. The quantitative estimate of drug-likeness (QED) is 0.721. The van der Waals surface area contributed by atoms with Gasteiger partial charge in [0.05, 0.1) is 9.79 Å². The first-order valence-corrected chi connectivity index (χ1v) is 12.8. The molecule has 7 nitrogen and oxygen atoms in total. The van der Waals surface area contributed by atoms with Gasteiger partial charge in [-0.15, -0.1) is 11.3 Å². The number of carbonyl (C=O) groups excluding carboxylic acids is 1. The van der Waals surface area contributed by atoms with Crippen LogP contribution in [0, 0.1) is 13.8 Å². The van der Waals surface area contributed by atoms with E-state index in [2.05, 4.69) is 0 Å². The second-order valence-corrected chi connectivity index (χ2v) is 12.2. The molecule has 1 saturated heterocycles. The van der Waals surface area contributed by atoms with Crippen molar-refractivity contribution >= 4 is 37.1 Å². The van der Waals surface area contributed by atoms with Crippen molar-refractivity contribution in [1.29, 1.82) is 0 Å². The van der Waals surface area contributed by atoms with E-state index in [1.165, 1.54) is 33.8 Å². The highest BCUT2D eigenvalue weighted by molar-refractivity contribution is 7.90. The summed E-state index contributed by atoms with van der Waals surface area (Å²) in [5, 5.41) is 0. The molecule has 2 aromatic rings. The highest BCUT2D eigenvalue weighted by atomic mass is 32.2. The van der Waals surface area contributed by atoms with Gasteiger partial charge in [-0.25, -0.2) is 16.8 Å². The summed E-state index contributed by atoms with van der Waals surface area (Å²) in [4.78, 5) is 16.4. The van der Waals surface area contributed by atoms with E-state index in [4.69, 9.17) is 0 Å². The predicted molar refractivity (Wildman–Crippen MR) is 108 cm³/mol. The lowest BCUT2D eigenvalue weighted by atomic mass is 10.2. The lowest BCUT2D eigenvalue weighted by molar-refractivity contribution is 0.0697. The fraction of sp³-hybridized carbons (Fsp3) is 0.389. The summed E-state index contributed by atoms with van der Waals surface area (Å²) in [7, 11) is -6.99. The number of amides is 1. The van der Waals surface area contributed by atoms with Gasteiger partial charge < -0.3 is 4.90 Å². The summed E-state index contributed by atoms with van der Waals surface area (Å²) in [5.41, 5.74) is 0.281. The van der Waals surface area contributed by atoms with Crippen LogP contribution in [0.4, 0.5) is 0 Å². The van der Waals surface area contributed by atoms with Crippen LogP contribution in [0.3, 0.4) is 0 Å². The van der Waals surface area contributed by atoms with Crippen LogP contribution in [-0.2, 0) is 19.9 Å². The van der Waals surface area contributed by atoms with Crippen LogP contribution in [0.15, 0.2) is 40.1 Å². The number of sulfonamides is 1. The van der Waals surface area contributed by atoms with E-state index >= 15 is 0 Å². The van der Waals surface area contributed by atoms with Crippen molar-refractivity contribution in [2.75, 3.05) is 32.4 Å². The first-order chi connectivity index (χ1) is 13.0. The van der Waals surface area contributed by atoms with Crippen LogP contribution >= 0.6 is 11.3 Å². The van der Waals surface area contributed by atoms with E-state index in [9.17, 15) is 21.6 Å². The van der Waals surface area contributed by atoms with Gasteiger partial charge in [0, 0.05) is 47.8 Å². The molecule has 1 aliphatic rings. The van der Waals surface area contributed by atoms with Gasteiger partial charge in [-0.1, -0.05) is 6.07 Å². The topological polar surface area (TPSA) is 91.8 Å². The molecule has 3 rings (SSSR count). The van der Waals surface area contributed by atoms with Gasteiger partial charge in [0.2, 0.25) is 10.0 Å². The van der Waals surface area contributed by atoms with E-state index in [1.54, 1.807) is 24.0 Å². The summed E-state index contributed by atoms with van der Waals surface area (Å²) in [5.74, 6) is -0.301. The number of carbonyl (C=O) groups is 1. The molecule has 0 saturated carbocycles. The molecule has 0 aliphatic carbocycles. The largest absolute Gasteiger partial charge is 0.336 e. The lowest BCUT2D eigenvalue weighted by Crippen LogP contribution is -2.50. The van der Waals surface area contributed by atoms with Crippen LogP contribution in [-0.4, -0.2) is 64.4 Å². The Balaban J connectivity index is 1.74. The maximum atomic E-state index is 12.9. The highest BCUT2D eigenvalue weighted by Crippen LogP contribution is 2.28. The van der Waals surface area contributed by atoms with Crippen molar-refractivity contribution in [2.24, 2.45) is 0 Å². The molecule has 0 N–H and O–H groups in total. The van der Waals surface area contributed by atoms with Crippen molar-refractivity contribution in [3.63, 3.8) is 0 Å². The first-order valence-electron chi connectivity index (χ1n) is 8.67. The third kappa shape index (κ3) is 4.14. The Morgan fingerprint density at radius 3 is 2.18 bits per heavy atom. The predicted octanol–water partition coefficient (Wildman–Crippen LogP) is 1.92. The summed E-state index contributed by atoms with van der Waals surface area (Å²) in [6.45, 7) is 4.58. The molecular formula is C18H22N2O5S3. The number of piperazine rings is 1. The smallest absolute Gasteiger partial charge is 0.253 e. The van der Waals surface area contributed by atoms with E-state index in [0.29, 0.717) is 4.90 Å². The van der Waals surface area contributed by atoms with Crippen molar-refractivity contribution in [2.45, 2.75) is 23.6 Å². The molecule has 0 spiro atoms. The standard InChI is InChI=1S/C18H22N2O5S3/c1-13-11-17(14(2)26-13)28(24,25)20-9-7-19(8-10-20)18(21)15-5-4-6-16(12-15)27(3,22)23/h4-6,11-12H,7-10H2,1-3H3. The van der Waals surface area contributed by atoms with E-state index in [0.717, 1.165) is 16.0 Å². The fourth-order valence-corrected chi connectivity index (χ4v) is 6.79. The summed E-state index contributed by atoms with van der Waals surface area (Å²) < 4.78 is 50.6. The van der Waals surface area contributed by atoms with Crippen LogP contribution in [0.2, 0.25) is 0 Å². The second-order valence-electron chi connectivity index (χ2n) is 6.77. The Labute approximate surface area is 169 Å². The minimum Gasteiger partial charge on any atom is -0.336 e. The Kier molecular flexibility index (Phi) is 5.68. The van der Waals surface area contributed by atoms with Gasteiger partial charge in [0.1, 0.15) is 0 Å². The summed E-state index contributed by atoms with van der Waals surface area (Å²) in [6, 6.07) is 7.59. The Hall–Kier alpha value is -1.75. The van der Waals surface area contributed by atoms with Crippen molar-refractivity contribution in [1.82, 2.24) is 9.21 Å². The van der Waals surface area contributed by atoms with Crippen LogP contribution in [0.5, 0.6) is 0 Å². The van der Waals surface area contributed by atoms with E-state index < -0.39 is 19.9 Å². The molecule has 28 heavy (non-hydrogen) atoms. The lowest BCUT2D eigenvalue weighted by Gasteiger charge is -2.34. The second kappa shape index (κ2) is 7.58. The molecule has 2 heterocycles. The molecule has 1 aromatic heterocycles. The van der Waals surface area contributed by atoms with Crippen LogP contribution in [0.25, 0.3) is 0 Å². The van der Waals surface area contributed by atoms with E-state index in [-0.39, 0.29) is 42.5 Å². The maximum Gasteiger partial charge on any atom is 0.253 e. The molecule has 152 valence electrons. The number of nitrogens with zero attached hydrogens (tertiary/aromatic N) is 2. The van der Waals surface area contributed by atoms with Crippen molar-refractivity contribution in [3.8, 4) is 0 Å². The van der Waals surface area contributed by atoms with Crippen LogP contribution < -0.4 is 0 Å². The normalized spacial score (nSPS) is 16.3. The molecule has 1 aliphatic heterocycles. The zero-order chi connectivity index (χ0) is 20.7. The molecule has 0 bridgehead atoms. The fourth-order valence-electron chi connectivity index (χ4n) is 3.18. The van der Waals surface area contributed by atoms with Gasteiger partial charge in [-0.2, -0.15) is 4.31 Å². The van der Waals surface area contributed by atoms with Gasteiger partial charge in [-0.05, 0) is 38.1 Å². The number of benzene rings is 1. The Morgan fingerprint density at radius 2 is 1.64 bits per heavy atom. The zero-order valence-electron chi connectivity index (χ0n) is 15.9.